The Hall–Kier alpha value is -4.60. The van der Waals surface area contributed by atoms with E-state index in [1.54, 1.807) is 24.4 Å². The lowest BCUT2D eigenvalue weighted by molar-refractivity contribution is -0.386. The van der Waals surface area contributed by atoms with Crippen molar-refractivity contribution in [2.45, 2.75) is 35.9 Å². The zero-order chi connectivity index (χ0) is 31.6. The first kappa shape index (κ1) is 30.4. The van der Waals surface area contributed by atoms with Gasteiger partial charge in [0.25, 0.3) is 15.9 Å². The molecule has 1 amide bonds. The SMILES string of the molecule is O=C(NS(=O)(=O)c1ccc(OCC2(F)CCN(C3CCOC3)CC2)c([N+](=O)[O-])c1)c1ccccc1Oc1cnc2[nH]ccc2c1. The Morgan fingerprint density at radius 1 is 1.18 bits per heavy atom. The number of carbonyl (C=O) groups is 1. The number of para-hydroxylation sites is 1. The number of rotatable bonds is 10. The summed E-state index contributed by atoms with van der Waals surface area (Å²) >= 11 is 0. The van der Waals surface area contributed by atoms with Crippen molar-refractivity contribution in [3.8, 4) is 17.2 Å². The van der Waals surface area contributed by atoms with E-state index in [1.165, 1.54) is 24.4 Å². The van der Waals surface area contributed by atoms with E-state index >= 15 is 4.39 Å². The van der Waals surface area contributed by atoms with Crippen LogP contribution in [0.25, 0.3) is 11.0 Å². The molecular weight excluding hydrogens is 609 g/mol. The monoisotopic (exact) mass is 639 g/mol. The topological polar surface area (TPSA) is 166 Å². The third-order valence-electron chi connectivity index (χ3n) is 8.00. The minimum atomic E-state index is -4.57. The number of hydrogen-bond acceptors (Lipinski definition) is 10. The van der Waals surface area contributed by atoms with Crippen molar-refractivity contribution in [2.24, 2.45) is 0 Å². The molecule has 4 heterocycles. The molecule has 0 aliphatic carbocycles. The molecule has 2 N–H and O–H groups in total. The lowest BCUT2D eigenvalue weighted by Gasteiger charge is -2.38. The second kappa shape index (κ2) is 12.4. The van der Waals surface area contributed by atoms with Crippen LogP contribution in [0.1, 0.15) is 29.6 Å². The number of nitrogens with zero attached hydrogens (tertiary/aromatic N) is 3. The van der Waals surface area contributed by atoms with E-state index in [0.717, 1.165) is 30.0 Å². The van der Waals surface area contributed by atoms with Crippen LogP contribution in [0, 0.1) is 10.1 Å². The molecule has 15 heteroatoms. The van der Waals surface area contributed by atoms with Gasteiger partial charge in [0.2, 0.25) is 0 Å². The Morgan fingerprint density at radius 3 is 2.73 bits per heavy atom. The van der Waals surface area contributed by atoms with E-state index in [-0.39, 0.29) is 35.9 Å². The van der Waals surface area contributed by atoms with Crippen LogP contribution in [0.3, 0.4) is 0 Å². The van der Waals surface area contributed by atoms with Crippen LogP contribution in [0.15, 0.2) is 71.9 Å². The smallest absolute Gasteiger partial charge is 0.312 e. The Kier molecular flexibility index (Phi) is 8.40. The fourth-order valence-electron chi connectivity index (χ4n) is 5.46. The fraction of sp³-hybridized carbons (Fsp3) is 0.333. The average molecular weight is 640 g/mol. The van der Waals surface area contributed by atoms with E-state index in [4.69, 9.17) is 14.2 Å². The number of nitro benzene ring substituents is 1. The predicted octanol–water partition coefficient (Wildman–Crippen LogP) is 4.35. The number of likely N-dealkylation sites (tertiary alicyclic amines) is 1. The Morgan fingerprint density at radius 2 is 1.98 bits per heavy atom. The van der Waals surface area contributed by atoms with Crippen LogP contribution in [-0.2, 0) is 14.8 Å². The van der Waals surface area contributed by atoms with Gasteiger partial charge in [0.05, 0.1) is 28.2 Å². The molecule has 0 radical (unpaired) electrons. The molecule has 0 bridgehead atoms. The van der Waals surface area contributed by atoms with Crippen molar-refractivity contribution < 1.29 is 36.7 Å². The number of alkyl halides is 1. The number of nitrogens with one attached hydrogen (secondary N) is 2. The summed E-state index contributed by atoms with van der Waals surface area (Å²) in [5.74, 6) is -0.903. The second-order valence-electron chi connectivity index (χ2n) is 11.0. The number of carbonyl (C=O) groups excluding carboxylic acids is 1. The minimum absolute atomic E-state index is 0.0687. The van der Waals surface area contributed by atoms with Gasteiger partial charge in [-0.1, -0.05) is 12.1 Å². The maximum absolute atomic E-state index is 15.5. The van der Waals surface area contributed by atoms with Crippen LogP contribution in [0.2, 0.25) is 0 Å². The number of ether oxygens (including phenoxy) is 3. The van der Waals surface area contributed by atoms with Crippen LogP contribution in [0.4, 0.5) is 10.1 Å². The van der Waals surface area contributed by atoms with Gasteiger partial charge in [0.15, 0.2) is 5.75 Å². The number of halogens is 1. The third-order valence-corrected chi connectivity index (χ3v) is 9.33. The Bertz CT molecular complexity index is 1830. The van der Waals surface area contributed by atoms with Gasteiger partial charge in [0, 0.05) is 43.4 Å². The van der Waals surface area contributed by atoms with Crippen LogP contribution < -0.4 is 14.2 Å². The highest BCUT2D eigenvalue weighted by Crippen LogP contribution is 2.34. The number of amides is 1. The number of benzene rings is 2. The fourth-order valence-corrected chi connectivity index (χ4v) is 6.45. The number of pyridine rings is 1. The molecule has 45 heavy (non-hydrogen) atoms. The highest BCUT2D eigenvalue weighted by molar-refractivity contribution is 7.90. The van der Waals surface area contributed by atoms with E-state index in [9.17, 15) is 23.3 Å². The summed E-state index contributed by atoms with van der Waals surface area (Å²) in [5, 5.41) is 12.6. The van der Waals surface area contributed by atoms with Gasteiger partial charge < -0.3 is 19.2 Å². The summed E-state index contributed by atoms with van der Waals surface area (Å²) in [7, 11) is -4.57. The first-order chi connectivity index (χ1) is 21.6. The molecule has 0 saturated carbocycles. The quantitative estimate of drug-likeness (QED) is 0.188. The number of fused-ring (bicyclic) bond motifs is 1. The van der Waals surface area contributed by atoms with Crippen molar-refractivity contribution in [1.82, 2.24) is 19.6 Å². The lowest BCUT2D eigenvalue weighted by atomic mass is 9.93. The number of H-pyrrole nitrogens is 1. The van der Waals surface area contributed by atoms with Gasteiger partial charge in [-0.15, -0.1) is 0 Å². The molecule has 1 atom stereocenters. The maximum atomic E-state index is 15.5. The molecule has 2 aromatic carbocycles. The van der Waals surface area contributed by atoms with Gasteiger partial charge in [-0.3, -0.25) is 19.8 Å². The van der Waals surface area contributed by atoms with Crippen molar-refractivity contribution in [3.05, 3.63) is 82.7 Å². The molecule has 2 fully saturated rings. The number of sulfonamides is 1. The number of aromatic nitrogens is 2. The molecule has 2 aromatic heterocycles. The Balaban J connectivity index is 1.14. The van der Waals surface area contributed by atoms with Gasteiger partial charge in [-0.05, 0) is 55.7 Å². The van der Waals surface area contributed by atoms with Gasteiger partial charge in [-0.2, -0.15) is 0 Å². The zero-order valence-electron chi connectivity index (χ0n) is 24.0. The first-order valence-electron chi connectivity index (χ1n) is 14.3. The molecule has 2 aliphatic rings. The highest BCUT2D eigenvalue weighted by atomic mass is 32.2. The van der Waals surface area contributed by atoms with E-state index < -0.39 is 43.7 Å². The molecule has 2 aliphatic heterocycles. The predicted molar refractivity (Wildman–Crippen MR) is 160 cm³/mol. The Labute approximate surface area is 257 Å². The molecule has 6 rings (SSSR count). The van der Waals surface area contributed by atoms with E-state index in [1.807, 2.05) is 4.72 Å². The van der Waals surface area contributed by atoms with E-state index in [2.05, 4.69) is 14.9 Å². The van der Waals surface area contributed by atoms with Crippen LogP contribution >= 0.6 is 0 Å². The minimum Gasteiger partial charge on any atom is -0.483 e. The zero-order valence-corrected chi connectivity index (χ0v) is 24.8. The molecule has 236 valence electrons. The van der Waals surface area contributed by atoms with Crippen molar-refractivity contribution in [1.29, 1.82) is 0 Å². The number of hydrogen-bond donors (Lipinski definition) is 2. The van der Waals surface area contributed by atoms with Gasteiger partial charge in [0.1, 0.15) is 29.4 Å². The molecule has 2 saturated heterocycles. The lowest BCUT2D eigenvalue weighted by Crippen LogP contribution is -2.48. The second-order valence-corrected chi connectivity index (χ2v) is 12.7. The standard InChI is InChI=1S/C30H30FN5O8S/c31-30(9-12-35(13-10-30)21-8-14-42-18-21)19-43-27-6-5-23(16-25(27)36(38)39)45(40,41)34-29(37)24-3-1-2-4-26(24)44-22-15-20-7-11-32-28(20)33-17-22/h1-7,11,15-17,21H,8-10,12-14,18-19H2,(H,32,33)(H,34,37). The third kappa shape index (κ3) is 6.74. The molecular formula is C30H30FN5O8S. The summed E-state index contributed by atoms with van der Waals surface area (Å²) < 4.78 is 60.6. The summed E-state index contributed by atoms with van der Waals surface area (Å²) in [6.45, 7) is 1.92. The molecule has 0 spiro atoms. The first-order valence-corrected chi connectivity index (χ1v) is 15.8. The normalized spacial score (nSPS) is 18.5. The number of aromatic amines is 1. The van der Waals surface area contributed by atoms with Crippen molar-refractivity contribution >= 4 is 32.7 Å². The highest BCUT2D eigenvalue weighted by Gasteiger charge is 2.38. The average Bonchev–Trinajstić information content (AvgIpc) is 3.73. The van der Waals surface area contributed by atoms with Crippen molar-refractivity contribution in [2.75, 3.05) is 32.9 Å². The van der Waals surface area contributed by atoms with Crippen molar-refractivity contribution in [3.63, 3.8) is 0 Å². The van der Waals surface area contributed by atoms with Crippen LogP contribution in [0.5, 0.6) is 17.2 Å². The van der Waals surface area contributed by atoms with Gasteiger partial charge in [-0.25, -0.2) is 22.5 Å². The van der Waals surface area contributed by atoms with E-state index in [0.29, 0.717) is 37.7 Å². The van der Waals surface area contributed by atoms with Gasteiger partial charge >= 0.3 is 5.69 Å². The number of piperidine rings is 1. The number of nitro groups is 1. The summed E-state index contributed by atoms with van der Waals surface area (Å²) in [6, 6.07) is 12.7. The maximum Gasteiger partial charge on any atom is 0.312 e. The summed E-state index contributed by atoms with van der Waals surface area (Å²) in [4.78, 5) is 33.0. The molecule has 13 nitrogen and oxygen atoms in total. The van der Waals surface area contributed by atoms with Crippen LogP contribution in [-0.4, -0.2) is 78.7 Å². The molecule has 1 unspecified atom stereocenters. The largest absolute Gasteiger partial charge is 0.483 e. The molecule has 4 aromatic rings. The summed E-state index contributed by atoms with van der Waals surface area (Å²) in [5.41, 5.74) is -1.82. The summed E-state index contributed by atoms with van der Waals surface area (Å²) in [6.07, 6.45) is 4.45.